The summed E-state index contributed by atoms with van der Waals surface area (Å²) in [5, 5.41) is 6.11. The molecule has 1 aromatic rings. The molecule has 0 spiro atoms. The number of aromatic nitrogens is 2. The van der Waals surface area contributed by atoms with Crippen LogP contribution in [0.1, 0.15) is 19.7 Å². The fourth-order valence-corrected chi connectivity index (χ4v) is 1.80. The van der Waals surface area contributed by atoms with E-state index in [-0.39, 0.29) is 11.8 Å². The molecule has 7 nitrogen and oxygen atoms in total. The topological polar surface area (TPSA) is 88.3 Å². The average Bonchev–Trinajstić information content (AvgIpc) is 2.79. The number of hydrogen-bond donors (Lipinski definition) is 1. The lowest BCUT2D eigenvalue weighted by Gasteiger charge is -2.35. The highest BCUT2D eigenvalue weighted by atomic mass is 16.5. The summed E-state index contributed by atoms with van der Waals surface area (Å²) < 4.78 is 4.85. The number of nitrogens with one attached hydrogen (secondary N) is 1. The van der Waals surface area contributed by atoms with E-state index in [4.69, 9.17) is 4.52 Å². The summed E-state index contributed by atoms with van der Waals surface area (Å²) in [4.78, 5) is 28.9. The van der Waals surface area contributed by atoms with Crippen molar-refractivity contribution in [1.29, 1.82) is 0 Å². The minimum Gasteiger partial charge on any atom is -0.343 e. The zero-order chi connectivity index (χ0) is 12.4. The van der Waals surface area contributed by atoms with Gasteiger partial charge in [0.2, 0.25) is 17.7 Å². The van der Waals surface area contributed by atoms with Gasteiger partial charge in [-0.15, -0.1) is 0 Å². The van der Waals surface area contributed by atoms with Crippen molar-refractivity contribution in [1.82, 2.24) is 20.4 Å². The second kappa shape index (κ2) is 4.52. The van der Waals surface area contributed by atoms with Crippen LogP contribution in [0.2, 0.25) is 0 Å². The van der Waals surface area contributed by atoms with Crippen molar-refractivity contribution in [3.05, 3.63) is 12.2 Å². The Hall–Kier alpha value is -1.92. The Morgan fingerprint density at radius 3 is 2.88 bits per heavy atom. The standard InChI is InChI=1S/C10H14N4O3/c1-6-10(16)14(7(2)9(15)13-6)4-3-8-11-5-12-17-8/h5-7H,3-4H2,1-2H3,(H,13,15). The predicted molar refractivity (Wildman–Crippen MR) is 56.8 cm³/mol. The van der Waals surface area contributed by atoms with Gasteiger partial charge in [-0.2, -0.15) is 4.98 Å². The van der Waals surface area contributed by atoms with E-state index >= 15 is 0 Å². The van der Waals surface area contributed by atoms with Crippen LogP contribution in [-0.4, -0.2) is 45.5 Å². The summed E-state index contributed by atoms with van der Waals surface area (Å²) in [7, 11) is 0. The summed E-state index contributed by atoms with van der Waals surface area (Å²) >= 11 is 0. The van der Waals surface area contributed by atoms with Gasteiger partial charge in [0, 0.05) is 13.0 Å². The molecule has 17 heavy (non-hydrogen) atoms. The molecule has 1 N–H and O–H groups in total. The molecule has 1 aliphatic heterocycles. The zero-order valence-electron chi connectivity index (χ0n) is 9.71. The van der Waals surface area contributed by atoms with E-state index in [1.165, 1.54) is 11.2 Å². The van der Waals surface area contributed by atoms with E-state index in [9.17, 15) is 9.59 Å². The van der Waals surface area contributed by atoms with Gasteiger partial charge in [0.1, 0.15) is 12.1 Å². The quantitative estimate of drug-likeness (QED) is 0.755. The summed E-state index contributed by atoms with van der Waals surface area (Å²) in [6, 6.07) is -0.928. The molecule has 1 aliphatic rings. The Labute approximate surface area is 98.2 Å². The third-order valence-electron chi connectivity index (χ3n) is 2.83. The van der Waals surface area contributed by atoms with Crippen molar-refractivity contribution >= 4 is 11.8 Å². The van der Waals surface area contributed by atoms with Gasteiger partial charge in [0.05, 0.1) is 0 Å². The van der Waals surface area contributed by atoms with Crippen molar-refractivity contribution in [3.8, 4) is 0 Å². The molecule has 92 valence electrons. The van der Waals surface area contributed by atoms with E-state index < -0.39 is 12.1 Å². The fraction of sp³-hybridized carbons (Fsp3) is 0.600. The van der Waals surface area contributed by atoms with E-state index in [0.717, 1.165) is 0 Å². The molecule has 1 fully saturated rings. The van der Waals surface area contributed by atoms with Gasteiger partial charge >= 0.3 is 0 Å². The lowest BCUT2D eigenvalue weighted by atomic mass is 10.1. The van der Waals surface area contributed by atoms with Crippen LogP contribution in [0.15, 0.2) is 10.9 Å². The van der Waals surface area contributed by atoms with Crippen LogP contribution in [0.25, 0.3) is 0 Å². The molecule has 1 saturated heterocycles. The van der Waals surface area contributed by atoms with Gasteiger partial charge in [-0.05, 0) is 13.8 Å². The van der Waals surface area contributed by atoms with E-state index in [0.29, 0.717) is 18.9 Å². The SMILES string of the molecule is CC1NC(=O)C(C)N(CCc2ncno2)C1=O. The molecule has 2 atom stereocenters. The fourth-order valence-electron chi connectivity index (χ4n) is 1.80. The smallest absolute Gasteiger partial charge is 0.245 e. The molecule has 0 saturated carbocycles. The number of hydrogen-bond acceptors (Lipinski definition) is 5. The molecule has 0 aromatic carbocycles. The molecule has 2 heterocycles. The first-order valence-electron chi connectivity index (χ1n) is 5.46. The molecule has 2 amide bonds. The Morgan fingerprint density at radius 2 is 2.24 bits per heavy atom. The van der Waals surface area contributed by atoms with Gasteiger partial charge in [0.15, 0.2) is 6.33 Å². The normalized spacial score (nSPS) is 24.9. The molecule has 0 bridgehead atoms. The minimum absolute atomic E-state index is 0.0865. The van der Waals surface area contributed by atoms with Gasteiger partial charge in [-0.25, -0.2) is 0 Å². The molecular weight excluding hydrogens is 224 g/mol. The Balaban J connectivity index is 2.02. The zero-order valence-corrected chi connectivity index (χ0v) is 9.71. The molecule has 0 aliphatic carbocycles. The summed E-state index contributed by atoms with van der Waals surface area (Å²) in [6.07, 6.45) is 1.77. The van der Waals surface area contributed by atoms with Crippen LogP contribution in [0.5, 0.6) is 0 Å². The van der Waals surface area contributed by atoms with Gasteiger partial charge in [-0.1, -0.05) is 5.16 Å². The van der Waals surface area contributed by atoms with Crippen LogP contribution in [0.3, 0.4) is 0 Å². The maximum atomic E-state index is 11.9. The van der Waals surface area contributed by atoms with Crippen molar-refractivity contribution < 1.29 is 14.1 Å². The van der Waals surface area contributed by atoms with Crippen LogP contribution >= 0.6 is 0 Å². The first-order valence-corrected chi connectivity index (χ1v) is 5.46. The number of rotatable bonds is 3. The van der Waals surface area contributed by atoms with E-state index in [2.05, 4.69) is 15.5 Å². The lowest BCUT2D eigenvalue weighted by molar-refractivity contribution is -0.148. The Morgan fingerprint density at radius 1 is 1.47 bits per heavy atom. The van der Waals surface area contributed by atoms with Crippen molar-refractivity contribution in [2.75, 3.05) is 6.54 Å². The highest BCUT2D eigenvalue weighted by Crippen LogP contribution is 2.10. The highest BCUT2D eigenvalue weighted by molar-refractivity contribution is 5.96. The number of piperazine rings is 1. The third-order valence-corrected chi connectivity index (χ3v) is 2.83. The van der Waals surface area contributed by atoms with Crippen LogP contribution in [0.4, 0.5) is 0 Å². The van der Waals surface area contributed by atoms with Crippen LogP contribution in [0, 0.1) is 0 Å². The molecule has 1 aromatic heterocycles. The maximum Gasteiger partial charge on any atom is 0.245 e. The monoisotopic (exact) mass is 238 g/mol. The van der Waals surface area contributed by atoms with Gasteiger partial charge < -0.3 is 14.7 Å². The van der Waals surface area contributed by atoms with Crippen molar-refractivity contribution in [2.45, 2.75) is 32.4 Å². The number of carbonyl (C=O) groups is 2. The Kier molecular flexibility index (Phi) is 3.08. The van der Waals surface area contributed by atoms with Crippen LogP contribution in [-0.2, 0) is 16.0 Å². The maximum absolute atomic E-state index is 11.9. The predicted octanol–water partition coefficient (Wildman–Crippen LogP) is -0.653. The summed E-state index contributed by atoms with van der Waals surface area (Å²) in [5.41, 5.74) is 0. The van der Waals surface area contributed by atoms with Gasteiger partial charge in [-0.3, -0.25) is 9.59 Å². The molecule has 0 radical (unpaired) electrons. The number of amides is 2. The first-order chi connectivity index (χ1) is 8.09. The van der Waals surface area contributed by atoms with Crippen molar-refractivity contribution in [2.24, 2.45) is 0 Å². The molecule has 2 rings (SSSR count). The number of nitrogens with zero attached hydrogens (tertiary/aromatic N) is 3. The van der Waals surface area contributed by atoms with E-state index in [1.54, 1.807) is 13.8 Å². The Bertz CT molecular complexity index is 417. The largest absolute Gasteiger partial charge is 0.343 e. The van der Waals surface area contributed by atoms with Crippen molar-refractivity contribution in [3.63, 3.8) is 0 Å². The average molecular weight is 238 g/mol. The summed E-state index contributed by atoms with van der Waals surface area (Å²) in [6.45, 7) is 3.78. The highest BCUT2D eigenvalue weighted by Gasteiger charge is 2.35. The lowest BCUT2D eigenvalue weighted by Crippen LogP contribution is -2.61. The third kappa shape index (κ3) is 2.27. The molecule has 2 unspecified atom stereocenters. The van der Waals surface area contributed by atoms with E-state index in [1.807, 2.05) is 0 Å². The second-order valence-electron chi connectivity index (χ2n) is 4.02. The number of carbonyl (C=O) groups excluding carboxylic acids is 2. The molecule has 7 heteroatoms. The minimum atomic E-state index is -0.471. The summed E-state index contributed by atoms with van der Waals surface area (Å²) in [5.74, 6) is 0.239. The van der Waals surface area contributed by atoms with Crippen LogP contribution < -0.4 is 5.32 Å². The first kappa shape index (κ1) is 11.6. The van der Waals surface area contributed by atoms with Gasteiger partial charge in [0.25, 0.3) is 0 Å². The second-order valence-corrected chi connectivity index (χ2v) is 4.02. The molecular formula is C10H14N4O3.